The lowest BCUT2D eigenvalue weighted by atomic mass is 9.69. The van der Waals surface area contributed by atoms with Gasteiger partial charge >= 0.3 is 0 Å². The Kier molecular flexibility index (Phi) is 3.58. The molecular formula is C13H24. The van der Waals surface area contributed by atoms with E-state index in [1.54, 1.807) is 0 Å². The minimum Gasteiger partial charge on any atom is -0.0993 e. The Labute approximate surface area is 83.4 Å². The number of allylic oxidation sites excluding steroid dienone is 1. The molecule has 0 heteroatoms. The summed E-state index contributed by atoms with van der Waals surface area (Å²) in [5.41, 5.74) is 1.98. The summed E-state index contributed by atoms with van der Waals surface area (Å²) < 4.78 is 0. The molecular weight excluding hydrogens is 156 g/mol. The lowest BCUT2D eigenvalue weighted by Crippen LogP contribution is -2.23. The number of hydrogen-bond acceptors (Lipinski definition) is 0. The molecule has 76 valence electrons. The summed E-state index contributed by atoms with van der Waals surface area (Å²) in [4.78, 5) is 0. The van der Waals surface area contributed by atoms with Crippen molar-refractivity contribution in [1.29, 1.82) is 0 Å². The molecule has 1 rings (SSSR count). The first-order valence-corrected chi connectivity index (χ1v) is 5.73. The summed E-state index contributed by atoms with van der Waals surface area (Å²) >= 11 is 0. The second-order valence-electron chi connectivity index (χ2n) is 5.32. The molecule has 0 aliphatic heterocycles. The lowest BCUT2D eigenvalue weighted by Gasteiger charge is -2.36. The molecule has 0 amide bonds. The third-order valence-electron chi connectivity index (χ3n) is 3.47. The Morgan fingerprint density at radius 1 is 1.23 bits per heavy atom. The molecule has 1 saturated carbocycles. The van der Waals surface area contributed by atoms with Gasteiger partial charge in [0, 0.05) is 0 Å². The van der Waals surface area contributed by atoms with Gasteiger partial charge in [-0.2, -0.15) is 0 Å². The van der Waals surface area contributed by atoms with Gasteiger partial charge in [-0.25, -0.2) is 0 Å². The fourth-order valence-corrected chi connectivity index (χ4v) is 2.42. The quantitative estimate of drug-likeness (QED) is 0.558. The minimum atomic E-state index is 0.475. The van der Waals surface area contributed by atoms with Crippen LogP contribution in [0, 0.1) is 11.3 Å². The Morgan fingerprint density at radius 3 is 2.23 bits per heavy atom. The Morgan fingerprint density at radius 2 is 1.77 bits per heavy atom. The van der Waals surface area contributed by atoms with Crippen molar-refractivity contribution >= 4 is 0 Å². The lowest BCUT2D eigenvalue weighted by molar-refractivity contribution is 0.256. The van der Waals surface area contributed by atoms with E-state index in [1.807, 2.05) is 0 Å². The predicted octanol–water partition coefficient (Wildman–Crippen LogP) is 4.56. The monoisotopic (exact) mass is 180 g/mol. The molecule has 0 spiro atoms. The van der Waals surface area contributed by atoms with Gasteiger partial charge in [0.2, 0.25) is 0 Å². The van der Waals surface area contributed by atoms with Crippen LogP contribution in [0.5, 0.6) is 0 Å². The predicted molar refractivity (Wildman–Crippen MR) is 59.8 cm³/mol. The largest absolute Gasteiger partial charge is 0.0993 e. The van der Waals surface area contributed by atoms with Crippen LogP contribution in [-0.4, -0.2) is 0 Å². The SMILES string of the molecule is C=C(CC(C)C)C1(C)CCCCC1. The molecule has 1 fully saturated rings. The summed E-state index contributed by atoms with van der Waals surface area (Å²) in [6, 6.07) is 0. The van der Waals surface area contributed by atoms with E-state index >= 15 is 0 Å². The fraction of sp³-hybridized carbons (Fsp3) is 0.846. The number of hydrogen-bond donors (Lipinski definition) is 0. The van der Waals surface area contributed by atoms with Crippen molar-refractivity contribution in [3.8, 4) is 0 Å². The van der Waals surface area contributed by atoms with Gasteiger partial charge in [-0.05, 0) is 30.6 Å². The van der Waals surface area contributed by atoms with Crippen LogP contribution in [-0.2, 0) is 0 Å². The molecule has 0 aromatic rings. The van der Waals surface area contributed by atoms with E-state index in [-0.39, 0.29) is 0 Å². The Bertz CT molecular complexity index is 170. The normalized spacial score (nSPS) is 21.8. The van der Waals surface area contributed by atoms with Gasteiger partial charge in [0.15, 0.2) is 0 Å². The maximum absolute atomic E-state index is 4.29. The van der Waals surface area contributed by atoms with Crippen LogP contribution in [0.25, 0.3) is 0 Å². The van der Waals surface area contributed by atoms with Gasteiger partial charge in [0.25, 0.3) is 0 Å². The zero-order valence-corrected chi connectivity index (χ0v) is 9.53. The van der Waals surface area contributed by atoms with Crippen LogP contribution in [0.2, 0.25) is 0 Å². The summed E-state index contributed by atoms with van der Waals surface area (Å²) in [5.74, 6) is 0.770. The van der Waals surface area contributed by atoms with Gasteiger partial charge in [-0.3, -0.25) is 0 Å². The zero-order chi connectivity index (χ0) is 9.90. The van der Waals surface area contributed by atoms with Crippen LogP contribution < -0.4 is 0 Å². The molecule has 0 radical (unpaired) electrons. The summed E-state index contributed by atoms with van der Waals surface area (Å²) in [7, 11) is 0. The highest BCUT2D eigenvalue weighted by molar-refractivity contribution is 5.10. The minimum absolute atomic E-state index is 0.475. The smallest absolute Gasteiger partial charge is 0.0119 e. The molecule has 0 aromatic carbocycles. The van der Waals surface area contributed by atoms with Crippen molar-refractivity contribution in [1.82, 2.24) is 0 Å². The highest BCUT2D eigenvalue weighted by Gasteiger charge is 2.29. The van der Waals surface area contributed by atoms with Crippen LogP contribution in [0.1, 0.15) is 59.3 Å². The second-order valence-corrected chi connectivity index (χ2v) is 5.32. The second kappa shape index (κ2) is 4.30. The Balaban J connectivity index is 2.51. The molecule has 0 atom stereocenters. The van der Waals surface area contributed by atoms with Crippen LogP contribution in [0.3, 0.4) is 0 Å². The van der Waals surface area contributed by atoms with Crippen LogP contribution in [0.4, 0.5) is 0 Å². The van der Waals surface area contributed by atoms with Crippen LogP contribution >= 0.6 is 0 Å². The van der Waals surface area contributed by atoms with Crippen molar-refractivity contribution in [2.45, 2.75) is 59.3 Å². The zero-order valence-electron chi connectivity index (χ0n) is 9.53. The fourth-order valence-electron chi connectivity index (χ4n) is 2.42. The standard InChI is InChI=1S/C13H24/c1-11(2)10-12(3)13(4)8-6-5-7-9-13/h11H,3,5-10H2,1-2,4H3. The first-order valence-electron chi connectivity index (χ1n) is 5.73. The Hall–Kier alpha value is -0.260. The highest BCUT2D eigenvalue weighted by Crippen LogP contribution is 2.43. The van der Waals surface area contributed by atoms with Gasteiger partial charge in [-0.1, -0.05) is 52.2 Å². The summed E-state index contributed by atoms with van der Waals surface area (Å²) in [5, 5.41) is 0. The van der Waals surface area contributed by atoms with Gasteiger partial charge in [-0.15, -0.1) is 0 Å². The van der Waals surface area contributed by atoms with Gasteiger partial charge in [0.05, 0.1) is 0 Å². The van der Waals surface area contributed by atoms with E-state index in [4.69, 9.17) is 0 Å². The molecule has 0 saturated heterocycles. The molecule has 0 heterocycles. The van der Waals surface area contributed by atoms with E-state index < -0.39 is 0 Å². The number of rotatable bonds is 3. The first-order chi connectivity index (χ1) is 6.04. The molecule has 13 heavy (non-hydrogen) atoms. The summed E-state index contributed by atoms with van der Waals surface area (Å²) in [6.45, 7) is 11.3. The van der Waals surface area contributed by atoms with E-state index in [2.05, 4.69) is 27.4 Å². The van der Waals surface area contributed by atoms with E-state index in [0.717, 1.165) is 5.92 Å². The highest BCUT2D eigenvalue weighted by atomic mass is 14.3. The molecule has 1 aliphatic carbocycles. The third kappa shape index (κ3) is 2.86. The first kappa shape index (κ1) is 10.8. The van der Waals surface area contributed by atoms with Crippen molar-refractivity contribution in [2.24, 2.45) is 11.3 Å². The van der Waals surface area contributed by atoms with E-state index in [0.29, 0.717) is 5.41 Å². The maximum atomic E-state index is 4.29. The molecule has 0 aromatic heterocycles. The van der Waals surface area contributed by atoms with Crippen molar-refractivity contribution in [3.05, 3.63) is 12.2 Å². The molecule has 0 bridgehead atoms. The molecule has 0 unspecified atom stereocenters. The van der Waals surface area contributed by atoms with Crippen LogP contribution in [0.15, 0.2) is 12.2 Å². The summed E-state index contributed by atoms with van der Waals surface area (Å²) in [6.07, 6.45) is 8.22. The maximum Gasteiger partial charge on any atom is -0.0119 e. The van der Waals surface area contributed by atoms with E-state index in [9.17, 15) is 0 Å². The van der Waals surface area contributed by atoms with Gasteiger partial charge < -0.3 is 0 Å². The van der Waals surface area contributed by atoms with Crippen molar-refractivity contribution in [2.75, 3.05) is 0 Å². The van der Waals surface area contributed by atoms with Crippen molar-refractivity contribution in [3.63, 3.8) is 0 Å². The third-order valence-corrected chi connectivity index (χ3v) is 3.47. The average Bonchev–Trinajstić information content (AvgIpc) is 2.04. The molecule has 0 N–H and O–H groups in total. The van der Waals surface area contributed by atoms with Gasteiger partial charge in [0.1, 0.15) is 0 Å². The topological polar surface area (TPSA) is 0 Å². The van der Waals surface area contributed by atoms with Crippen molar-refractivity contribution < 1.29 is 0 Å². The molecule has 0 nitrogen and oxygen atoms in total. The van der Waals surface area contributed by atoms with E-state index in [1.165, 1.54) is 44.1 Å². The average molecular weight is 180 g/mol. The molecule has 1 aliphatic rings.